The summed E-state index contributed by atoms with van der Waals surface area (Å²) in [5.74, 6) is 0.647. The molecule has 1 saturated carbocycles. The van der Waals surface area contributed by atoms with Crippen LogP contribution in [0.5, 0.6) is 0 Å². The summed E-state index contributed by atoms with van der Waals surface area (Å²) in [6, 6.07) is 1.19. The zero-order valence-corrected chi connectivity index (χ0v) is 11.5. The normalized spacial score (nSPS) is 22.5. The van der Waals surface area contributed by atoms with E-state index in [4.69, 9.17) is 0 Å². The van der Waals surface area contributed by atoms with Crippen LogP contribution >= 0.6 is 0 Å². The van der Waals surface area contributed by atoms with E-state index < -0.39 is 0 Å². The van der Waals surface area contributed by atoms with Gasteiger partial charge in [0.15, 0.2) is 0 Å². The Morgan fingerprint density at radius 1 is 1.38 bits per heavy atom. The van der Waals surface area contributed by atoms with Gasteiger partial charge in [-0.25, -0.2) is 0 Å². The lowest BCUT2D eigenvalue weighted by Gasteiger charge is -2.37. The molecule has 0 aromatic heterocycles. The molecule has 2 unspecified atom stereocenters. The van der Waals surface area contributed by atoms with Gasteiger partial charge < -0.3 is 15.3 Å². The Labute approximate surface area is 100 Å². The van der Waals surface area contributed by atoms with Gasteiger partial charge in [0.05, 0.1) is 12.1 Å². The summed E-state index contributed by atoms with van der Waals surface area (Å²) in [5, 5.41) is 13.1. The Morgan fingerprint density at radius 2 is 1.94 bits per heavy atom. The van der Waals surface area contributed by atoms with Crippen molar-refractivity contribution in [1.82, 2.24) is 10.2 Å². The molecule has 96 valence electrons. The molecule has 0 aliphatic heterocycles. The first-order valence-corrected chi connectivity index (χ1v) is 6.47. The Kier molecular flexibility index (Phi) is 4.77. The maximum absolute atomic E-state index is 9.54. The van der Waals surface area contributed by atoms with Gasteiger partial charge in [0.2, 0.25) is 0 Å². The van der Waals surface area contributed by atoms with Gasteiger partial charge in [-0.05, 0) is 39.7 Å². The molecule has 3 nitrogen and oxygen atoms in total. The third-order valence-electron chi connectivity index (χ3n) is 3.74. The zero-order valence-electron chi connectivity index (χ0n) is 11.5. The molecular weight excluding hydrogens is 200 g/mol. The van der Waals surface area contributed by atoms with E-state index in [0.717, 1.165) is 6.54 Å². The van der Waals surface area contributed by atoms with Crippen molar-refractivity contribution in [3.05, 3.63) is 0 Å². The molecule has 1 fully saturated rings. The quantitative estimate of drug-likeness (QED) is 0.692. The molecule has 0 aromatic rings. The van der Waals surface area contributed by atoms with Crippen LogP contribution in [0.15, 0.2) is 0 Å². The molecule has 0 bridgehead atoms. The second kappa shape index (κ2) is 5.48. The zero-order chi connectivity index (χ0) is 12.3. The van der Waals surface area contributed by atoms with Gasteiger partial charge in [-0.15, -0.1) is 0 Å². The maximum Gasteiger partial charge on any atom is 0.0623 e. The summed E-state index contributed by atoms with van der Waals surface area (Å²) in [6.07, 6.45) is 2.53. The molecule has 0 radical (unpaired) electrons. The van der Waals surface area contributed by atoms with Crippen molar-refractivity contribution in [2.75, 3.05) is 20.2 Å². The fourth-order valence-electron chi connectivity index (χ4n) is 2.07. The topological polar surface area (TPSA) is 35.5 Å². The first-order chi connectivity index (χ1) is 7.38. The van der Waals surface area contributed by atoms with Gasteiger partial charge in [0, 0.05) is 18.6 Å². The van der Waals surface area contributed by atoms with Gasteiger partial charge in [-0.1, -0.05) is 13.8 Å². The Bertz CT molecular complexity index is 216. The standard InChI is InChI=1S/C13H28N2O/c1-10(2)11(3)15(5)8-13(4,9-16)14-12-6-7-12/h10-12,14,16H,6-9H2,1-5H3. The monoisotopic (exact) mass is 228 g/mol. The SMILES string of the molecule is CC(C)C(C)N(C)CC(C)(CO)NC1CC1. The summed E-state index contributed by atoms with van der Waals surface area (Å²) in [4.78, 5) is 2.34. The molecule has 2 N–H and O–H groups in total. The van der Waals surface area contributed by atoms with Crippen molar-refractivity contribution in [3.8, 4) is 0 Å². The highest BCUT2D eigenvalue weighted by molar-refractivity contribution is 4.94. The lowest BCUT2D eigenvalue weighted by Crippen LogP contribution is -2.56. The second-order valence-electron chi connectivity index (χ2n) is 6.04. The Hall–Kier alpha value is -0.120. The average Bonchev–Trinajstić information content (AvgIpc) is 3.00. The van der Waals surface area contributed by atoms with Crippen LogP contribution in [0.2, 0.25) is 0 Å². The second-order valence-corrected chi connectivity index (χ2v) is 6.04. The highest BCUT2D eigenvalue weighted by atomic mass is 16.3. The van der Waals surface area contributed by atoms with Crippen molar-refractivity contribution in [2.24, 2.45) is 5.92 Å². The van der Waals surface area contributed by atoms with E-state index in [1.807, 2.05) is 0 Å². The molecule has 0 aromatic carbocycles. The fraction of sp³-hybridized carbons (Fsp3) is 1.00. The van der Waals surface area contributed by atoms with Crippen molar-refractivity contribution in [2.45, 2.75) is 58.2 Å². The first kappa shape index (κ1) is 13.9. The van der Waals surface area contributed by atoms with Crippen LogP contribution in [-0.4, -0.2) is 47.8 Å². The van der Waals surface area contributed by atoms with Crippen LogP contribution < -0.4 is 5.32 Å². The van der Waals surface area contributed by atoms with Crippen LogP contribution in [0.3, 0.4) is 0 Å². The molecule has 1 aliphatic carbocycles. The van der Waals surface area contributed by atoms with E-state index in [0.29, 0.717) is 18.0 Å². The third kappa shape index (κ3) is 4.04. The van der Waals surface area contributed by atoms with Crippen LogP contribution in [0.25, 0.3) is 0 Å². The van der Waals surface area contributed by atoms with Gasteiger partial charge in [0.1, 0.15) is 0 Å². The number of rotatable bonds is 7. The molecule has 0 saturated heterocycles. The molecule has 0 amide bonds. The summed E-state index contributed by atoms with van der Waals surface area (Å²) < 4.78 is 0. The first-order valence-electron chi connectivity index (χ1n) is 6.47. The minimum absolute atomic E-state index is 0.154. The largest absolute Gasteiger partial charge is 0.394 e. The van der Waals surface area contributed by atoms with Crippen molar-refractivity contribution in [1.29, 1.82) is 0 Å². The Balaban J connectivity index is 2.46. The number of hydrogen-bond acceptors (Lipinski definition) is 3. The lowest BCUT2D eigenvalue weighted by atomic mass is 9.99. The molecule has 3 heteroatoms. The molecule has 1 aliphatic rings. The summed E-state index contributed by atoms with van der Waals surface area (Å²) in [6.45, 7) is 9.96. The number of aliphatic hydroxyl groups is 1. The summed E-state index contributed by atoms with van der Waals surface area (Å²) in [7, 11) is 2.15. The predicted octanol–water partition coefficient (Wildman–Crippen LogP) is 1.47. The fourth-order valence-corrected chi connectivity index (χ4v) is 2.07. The number of likely N-dealkylation sites (N-methyl/N-ethyl adjacent to an activating group) is 1. The van der Waals surface area contributed by atoms with Crippen LogP contribution in [0.4, 0.5) is 0 Å². The van der Waals surface area contributed by atoms with Gasteiger partial charge in [-0.2, -0.15) is 0 Å². The van der Waals surface area contributed by atoms with Crippen LogP contribution in [0, 0.1) is 5.92 Å². The molecular formula is C13H28N2O. The van der Waals surface area contributed by atoms with E-state index in [9.17, 15) is 5.11 Å². The number of aliphatic hydroxyl groups excluding tert-OH is 1. The van der Waals surface area contributed by atoms with E-state index in [2.05, 4.69) is 45.0 Å². The third-order valence-corrected chi connectivity index (χ3v) is 3.74. The summed E-state index contributed by atoms with van der Waals surface area (Å²) in [5.41, 5.74) is -0.154. The van der Waals surface area contributed by atoms with Crippen molar-refractivity contribution in [3.63, 3.8) is 0 Å². The van der Waals surface area contributed by atoms with Gasteiger partial charge >= 0.3 is 0 Å². The number of nitrogens with zero attached hydrogens (tertiary/aromatic N) is 1. The van der Waals surface area contributed by atoms with E-state index >= 15 is 0 Å². The minimum Gasteiger partial charge on any atom is -0.394 e. The maximum atomic E-state index is 9.54. The van der Waals surface area contributed by atoms with E-state index in [1.54, 1.807) is 0 Å². The van der Waals surface area contributed by atoms with E-state index in [-0.39, 0.29) is 12.1 Å². The highest BCUT2D eigenvalue weighted by Gasteiger charge is 2.33. The number of nitrogens with one attached hydrogen (secondary N) is 1. The molecule has 0 heterocycles. The molecule has 0 spiro atoms. The smallest absolute Gasteiger partial charge is 0.0623 e. The van der Waals surface area contributed by atoms with Crippen molar-refractivity contribution < 1.29 is 5.11 Å². The average molecular weight is 228 g/mol. The number of hydrogen-bond donors (Lipinski definition) is 2. The minimum atomic E-state index is -0.154. The highest BCUT2D eigenvalue weighted by Crippen LogP contribution is 2.23. The van der Waals surface area contributed by atoms with Crippen LogP contribution in [0.1, 0.15) is 40.5 Å². The lowest BCUT2D eigenvalue weighted by molar-refractivity contribution is 0.101. The molecule has 2 atom stereocenters. The van der Waals surface area contributed by atoms with Crippen molar-refractivity contribution >= 4 is 0 Å². The van der Waals surface area contributed by atoms with Gasteiger partial charge in [0.25, 0.3) is 0 Å². The Morgan fingerprint density at radius 3 is 2.31 bits per heavy atom. The van der Waals surface area contributed by atoms with Gasteiger partial charge in [-0.3, -0.25) is 0 Å². The van der Waals surface area contributed by atoms with E-state index in [1.165, 1.54) is 12.8 Å². The summed E-state index contributed by atoms with van der Waals surface area (Å²) >= 11 is 0. The molecule has 1 rings (SSSR count). The molecule has 16 heavy (non-hydrogen) atoms. The predicted molar refractivity (Wildman–Crippen MR) is 68.6 cm³/mol. The van der Waals surface area contributed by atoms with Crippen LogP contribution in [-0.2, 0) is 0 Å².